The van der Waals surface area contributed by atoms with Crippen molar-refractivity contribution in [3.63, 3.8) is 0 Å². The first kappa shape index (κ1) is 16.5. The van der Waals surface area contributed by atoms with Crippen molar-refractivity contribution in [1.29, 1.82) is 0 Å². The highest BCUT2D eigenvalue weighted by Gasteiger charge is 2.17. The zero-order valence-electron chi connectivity index (χ0n) is 10.7. The molecule has 1 nitrogen and oxygen atoms in total. The lowest BCUT2D eigenvalue weighted by atomic mass is 10.0. The lowest BCUT2D eigenvalue weighted by molar-refractivity contribution is 0.337. The summed E-state index contributed by atoms with van der Waals surface area (Å²) < 4.78 is 8.84. The van der Waals surface area contributed by atoms with Crippen molar-refractivity contribution in [3.05, 3.63) is 60.9 Å². The van der Waals surface area contributed by atoms with Crippen LogP contribution >= 0.6 is 63.7 Å². The first-order chi connectivity index (χ1) is 9.51. The van der Waals surface area contributed by atoms with Crippen LogP contribution in [0.2, 0.25) is 0 Å². The number of alkyl halides is 1. The van der Waals surface area contributed by atoms with Crippen LogP contribution in [0.4, 0.5) is 0 Å². The van der Waals surface area contributed by atoms with E-state index in [1.807, 2.05) is 25.1 Å². The molecule has 0 amide bonds. The summed E-state index contributed by atoms with van der Waals surface area (Å²) in [5.74, 6) is 0.897. The van der Waals surface area contributed by atoms with Gasteiger partial charge in [0, 0.05) is 19.0 Å². The van der Waals surface area contributed by atoms with Crippen LogP contribution < -0.4 is 4.74 Å². The molecule has 2 aromatic rings. The van der Waals surface area contributed by atoms with Gasteiger partial charge in [0.25, 0.3) is 0 Å². The van der Waals surface area contributed by atoms with Gasteiger partial charge < -0.3 is 4.74 Å². The Morgan fingerprint density at radius 1 is 0.950 bits per heavy atom. The standard InChI is InChI=1S/C15H12Br4O/c1-2-20-14-4-3-10(16)8-13(14)15(19)9-5-11(17)7-12(18)6-9/h3-8,15H,2H2,1H3. The molecule has 0 spiro atoms. The van der Waals surface area contributed by atoms with E-state index in [4.69, 9.17) is 4.74 Å². The van der Waals surface area contributed by atoms with Gasteiger partial charge in [-0.25, -0.2) is 0 Å². The van der Waals surface area contributed by atoms with Gasteiger partial charge in [0.05, 0.1) is 11.4 Å². The summed E-state index contributed by atoms with van der Waals surface area (Å²) >= 11 is 14.3. The van der Waals surface area contributed by atoms with E-state index in [0.29, 0.717) is 6.61 Å². The molecule has 1 atom stereocenters. The first-order valence-electron chi connectivity index (χ1n) is 6.03. The number of halogens is 4. The lowest BCUT2D eigenvalue weighted by Crippen LogP contribution is -2.00. The third kappa shape index (κ3) is 4.09. The summed E-state index contributed by atoms with van der Waals surface area (Å²) in [5, 5.41) is 0. The second-order valence-corrected chi connectivity index (χ2v) is 7.84. The van der Waals surface area contributed by atoms with Crippen LogP contribution in [-0.4, -0.2) is 6.61 Å². The summed E-state index contributed by atoms with van der Waals surface area (Å²) in [6, 6.07) is 12.3. The Balaban J connectivity index is 2.46. The molecule has 5 heteroatoms. The normalized spacial score (nSPS) is 12.2. The van der Waals surface area contributed by atoms with Crippen LogP contribution in [0, 0.1) is 0 Å². The molecule has 0 bridgehead atoms. The Hall–Kier alpha value is 0.160. The molecule has 0 saturated heterocycles. The maximum atomic E-state index is 5.72. The second-order valence-electron chi connectivity index (χ2n) is 4.18. The summed E-state index contributed by atoms with van der Waals surface area (Å²) in [6.45, 7) is 2.64. The maximum absolute atomic E-state index is 5.72. The quantitative estimate of drug-likeness (QED) is 0.395. The fraction of sp³-hybridized carbons (Fsp3) is 0.200. The zero-order chi connectivity index (χ0) is 14.7. The molecule has 0 aliphatic rings. The molecule has 0 radical (unpaired) electrons. The fourth-order valence-corrected chi connectivity index (χ4v) is 4.24. The van der Waals surface area contributed by atoms with Gasteiger partial charge in [0.15, 0.2) is 0 Å². The molecule has 0 aromatic heterocycles. The third-order valence-electron chi connectivity index (χ3n) is 2.72. The Morgan fingerprint density at radius 2 is 1.60 bits per heavy atom. The molecule has 20 heavy (non-hydrogen) atoms. The Kier molecular flexibility index (Phi) is 6.14. The molecule has 0 heterocycles. The SMILES string of the molecule is CCOc1ccc(Br)cc1C(Br)c1cc(Br)cc(Br)c1. The molecule has 2 rings (SSSR count). The van der Waals surface area contributed by atoms with E-state index in [1.165, 1.54) is 0 Å². The monoisotopic (exact) mass is 524 g/mol. The molecule has 0 fully saturated rings. The van der Waals surface area contributed by atoms with E-state index in [2.05, 4.69) is 81.9 Å². The predicted octanol–water partition coefficient (Wildman–Crippen LogP) is 6.86. The van der Waals surface area contributed by atoms with Gasteiger partial charge in [-0.3, -0.25) is 0 Å². The van der Waals surface area contributed by atoms with Crippen LogP contribution in [0.15, 0.2) is 49.8 Å². The zero-order valence-corrected chi connectivity index (χ0v) is 17.0. The third-order valence-corrected chi connectivity index (χ3v) is 5.15. The molecule has 0 aliphatic heterocycles. The van der Waals surface area contributed by atoms with Gasteiger partial charge in [-0.15, -0.1) is 0 Å². The largest absolute Gasteiger partial charge is 0.494 e. The lowest BCUT2D eigenvalue weighted by Gasteiger charge is -2.17. The Labute approximate surface area is 152 Å². The maximum Gasteiger partial charge on any atom is 0.124 e. The van der Waals surface area contributed by atoms with Crippen molar-refractivity contribution in [2.45, 2.75) is 11.8 Å². The van der Waals surface area contributed by atoms with Crippen molar-refractivity contribution >= 4 is 63.7 Å². The van der Waals surface area contributed by atoms with Crippen molar-refractivity contribution in [2.24, 2.45) is 0 Å². The van der Waals surface area contributed by atoms with Crippen LogP contribution in [0.1, 0.15) is 22.9 Å². The topological polar surface area (TPSA) is 9.23 Å². The van der Waals surface area contributed by atoms with E-state index in [0.717, 1.165) is 30.3 Å². The number of benzene rings is 2. The Morgan fingerprint density at radius 3 is 2.20 bits per heavy atom. The predicted molar refractivity (Wildman–Crippen MR) is 97.9 cm³/mol. The second kappa shape index (κ2) is 7.43. The fourth-order valence-electron chi connectivity index (χ4n) is 1.91. The minimum Gasteiger partial charge on any atom is -0.494 e. The van der Waals surface area contributed by atoms with Crippen molar-refractivity contribution in [3.8, 4) is 5.75 Å². The van der Waals surface area contributed by atoms with E-state index in [1.54, 1.807) is 0 Å². The van der Waals surface area contributed by atoms with Gasteiger partial charge in [-0.05, 0) is 48.9 Å². The minimum atomic E-state index is 0.0651. The molecular weight excluding hydrogens is 516 g/mol. The Bertz CT molecular complexity index is 593. The van der Waals surface area contributed by atoms with E-state index < -0.39 is 0 Å². The van der Waals surface area contributed by atoms with Gasteiger partial charge in [0.2, 0.25) is 0 Å². The van der Waals surface area contributed by atoms with Crippen LogP contribution in [0.5, 0.6) is 5.75 Å². The first-order valence-corrected chi connectivity index (χ1v) is 9.33. The van der Waals surface area contributed by atoms with Crippen molar-refractivity contribution in [2.75, 3.05) is 6.61 Å². The summed E-state index contributed by atoms with van der Waals surface area (Å²) in [5.41, 5.74) is 2.26. The van der Waals surface area contributed by atoms with E-state index >= 15 is 0 Å². The molecular formula is C15H12Br4O. The highest BCUT2D eigenvalue weighted by atomic mass is 79.9. The minimum absolute atomic E-state index is 0.0651. The van der Waals surface area contributed by atoms with Crippen molar-refractivity contribution < 1.29 is 4.74 Å². The van der Waals surface area contributed by atoms with E-state index in [-0.39, 0.29) is 4.83 Å². The molecule has 1 unspecified atom stereocenters. The number of ether oxygens (including phenoxy) is 1. The van der Waals surface area contributed by atoms with Crippen LogP contribution in [0.25, 0.3) is 0 Å². The van der Waals surface area contributed by atoms with Gasteiger partial charge in [-0.1, -0.05) is 63.7 Å². The molecule has 0 aliphatic carbocycles. The molecule has 106 valence electrons. The number of hydrogen-bond acceptors (Lipinski definition) is 1. The average molecular weight is 528 g/mol. The number of rotatable bonds is 4. The highest BCUT2D eigenvalue weighted by molar-refractivity contribution is 9.11. The number of hydrogen-bond donors (Lipinski definition) is 0. The van der Waals surface area contributed by atoms with Crippen molar-refractivity contribution in [1.82, 2.24) is 0 Å². The van der Waals surface area contributed by atoms with Gasteiger partial charge in [0.1, 0.15) is 5.75 Å². The van der Waals surface area contributed by atoms with Gasteiger partial charge in [-0.2, -0.15) is 0 Å². The molecule has 0 N–H and O–H groups in total. The van der Waals surface area contributed by atoms with Gasteiger partial charge >= 0.3 is 0 Å². The average Bonchev–Trinajstić information content (AvgIpc) is 2.39. The smallest absolute Gasteiger partial charge is 0.124 e. The summed E-state index contributed by atoms with van der Waals surface area (Å²) in [7, 11) is 0. The summed E-state index contributed by atoms with van der Waals surface area (Å²) in [6.07, 6.45) is 0. The van der Waals surface area contributed by atoms with Crippen LogP contribution in [0.3, 0.4) is 0 Å². The highest BCUT2D eigenvalue weighted by Crippen LogP contribution is 2.39. The molecule has 2 aromatic carbocycles. The van der Waals surface area contributed by atoms with Crippen LogP contribution in [-0.2, 0) is 0 Å². The molecule has 0 saturated carbocycles. The summed E-state index contributed by atoms with van der Waals surface area (Å²) in [4.78, 5) is 0.0651. The van der Waals surface area contributed by atoms with E-state index in [9.17, 15) is 0 Å².